The molecule has 0 aromatic carbocycles. The molecule has 0 heterocycles. The van der Waals surface area contributed by atoms with Crippen LogP contribution in [0.15, 0.2) is 0 Å². The Morgan fingerprint density at radius 1 is 1.22 bits per heavy atom. The number of ether oxygens (including phenoxy) is 1. The summed E-state index contributed by atoms with van der Waals surface area (Å²) < 4.78 is 5.62. The van der Waals surface area contributed by atoms with Gasteiger partial charge in [0.15, 0.2) is 0 Å². The number of hydrogen-bond acceptors (Lipinski definition) is 3. The smallest absolute Gasteiger partial charge is 0.0775 e. The molecule has 0 aliphatic heterocycles. The number of nitrogens with one attached hydrogen (secondary N) is 1. The molecule has 2 atom stereocenters. The molecule has 0 aromatic rings. The fraction of sp³-hybridized carbons (Fsp3) is 1.00. The summed E-state index contributed by atoms with van der Waals surface area (Å²) in [5.41, 5.74) is -0.106. The first-order valence-electron chi connectivity index (χ1n) is 7.45. The van der Waals surface area contributed by atoms with Gasteiger partial charge in [-0.05, 0) is 53.2 Å². The van der Waals surface area contributed by atoms with E-state index < -0.39 is 0 Å². The van der Waals surface area contributed by atoms with Gasteiger partial charge in [-0.25, -0.2) is 0 Å². The van der Waals surface area contributed by atoms with Gasteiger partial charge in [-0.1, -0.05) is 20.8 Å². The summed E-state index contributed by atoms with van der Waals surface area (Å²) in [6.45, 7) is 16.6. The standard InChI is InChI=1S/C15H34N2O/c1-8-13(4)17(10-3)12-11-14(16-9-2)15(5,6)18-7/h13-14,16H,8-12H2,1-7H3. The van der Waals surface area contributed by atoms with Crippen LogP contribution in [0.5, 0.6) is 0 Å². The van der Waals surface area contributed by atoms with Crippen LogP contribution in [0.3, 0.4) is 0 Å². The highest BCUT2D eigenvalue weighted by Crippen LogP contribution is 2.18. The van der Waals surface area contributed by atoms with Crippen LogP contribution in [0.4, 0.5) is 0 Å². The average Bonchev–Trinajstić information content (AvgIpc) is 2.37. The van der Waals surface area contributed by atoms with Crippen LogP contribution in [-0.2, 0) is 4.74 Å². The molecule has 110 valence electrons. The van der Waals surface area contributed by atoms with Crippen molar-refractivity contribution in [3.8, 4) is 0 Å². The zero-order chi connectivity index (χ0) is 14.2. The normalized spacial score (nSPS) is 16.0. The zero-order valence-corrected chi connectivity index (χ0v) is 13.5. The lowest BCUT2D eigenvalue weighted by Gasteiger charge is -2.36. The SMILES string of the molecule is CCNC(CCN(CC)C(C)CC)C(C)(C)OC. The van der Waals surface area contributed by atoms with E-state index in [2.05, 4.69) is 51.8 Å². The molecule has 0 bridgehead atoms. The van der Waals surface area contributed by atoms with Crippen molar-refractivity contribution < 1.29 is 4.74 Å². The molecule has 0 aliphatic carbocycles. The topological polar surface area (TPSA) is 24.5 Å². The largest absolute Gasteiger partial charge is 0.377 e. The molecule has 3 nitrogen and oxygen atoms in total. The lowest BCUT2D eigenvalue weighted by molar-refractivity contribution is -0.0152. The van der Waals surface area contributed by atoms with Crippen LogP contribution in [-0.4, -0.2) is 49.3 Å². The first-order valence-corrected chi connectivity index (χ1v) is 7.45. The average molecular weight is 258 g/mol. The molecule has 2 unspecified atom stereocenters. The Hall–Kier alpha value is -0.120. The summed E-state index contributed by atoms with van der Waals surface area (Å²) in [7, 11) is 1.80. The molecule has 18 heavy (non-hydrogen) atoms. The van der Waals surface area contributed by atoms with Gasteiger partial charge in [0.05, 0.1) is 5.60 Å². The Morgan fingerprint density at radius 3 is 2.22 bits per heavy atom. The minimum atomic E-state index is -0.106. The summed E-state index contributed by atoms with van der Waals surface area (Å²) in [4.78, 5) is 2.55. The lowest BCUT2D eigenvalue weighted by atomic mass is 9.95. The van der Waals surface area contributed by atoms with Crippen molar-refractivity contribution in [1.82, 2.24) is 10.2 Å². The van der Waals surface area contributed by atoms with E-state index in [1.807, 2.05) is 0 Å². The van der Waals surface area contributed by atoms with E-state index in [1.165, 1.54) is 6.42 Å². The minimum absolute atomic E-state index is 0.106. The molecule has 1 N–H and O–H groups in total. The van der Waals surface area contributed by atoms with Gasteiger partial charge in [0.25, 0.3) is 0 Å². The van der Waals surface area contributed by atoms with Crippen molar-refractivity contribution in [1.29, 1.82) is 0 Å². The van der Waals surface area contributed by atoms with Crippen molar-refractivity contribution >= 4 is 0 Å². The van der Waals surface area contributed by atoms with E-state index in [0.29, 0.717) is 12.1 Å². The molecular weight excluding hydrogens is 224 g/mol. The highest BCUT2D eigenvalue weighted by molar-refractivity contribution is 4.86. The van der Waals surface area contributed by atoms with E-state index in [1.54, 1.807) is 7.11 Å². The molecule has 0 saturated heterocycles. The quantitative estimate of drug-likeness (QED) is 0.652. The summed E-state index contributed by atoms with van der Waals surface area (Å²) in [6, 6.07) is 1.08. The molecule has 0 fully saturated rings. The second kappa shape index (κ2) is 8.89. The van der Waals surface area contributed by atoms with Gasteiger partial charge < -0.3 is 15.0 Å². The maximum Gasteiger partial charge on any atom is 0.0775 e. The van der Waals surface area contributed by atoms with Crippen LogP contribution in [0.25, 0.3) is 0 Å². The third-order valence-electron chi connectivity index (χ3n) is 4.14. The monoisotopic (exact) mass is 258 g/mol. The van der Waals surface area contributed by atoms with Crippen LogP contribution in [0.2, 0.25) is 0 Å². The van der Waals surface area contributed by atoms with Gasteiger partial charge in [-0.3, -0.25) is 0 Å². The second-order valence-corrected chi connectivity index (χ2v) is 5.59. The Balaban J connectivity index is 4.41. The number of rotatable bonds is 10. The summed E-state index contributed by atoms with van der Waals surface area (Å²) >= 11 is 0. The van der Waals surface area contributed by atoms with Crippen LogP contribution in [0.1, 0.15) is 54.4 Å². The second-order valence-electron chi connectivity index (χ2n) is 5.59. The molecule has 0 amide bonds. The van der Waals surface area contributed by atoms with Crippen molar-refractivity contribution in [3.63, 3.8) is 0 Å². The molecule has 3 heteroatoms. The van der Waals surface area contributed by atoms with Crippen LogP contribution in [0, 0.1) is 0 Å². The molecule has 0 radical (unpaired) electrons. The van der Waals surface area contributed by atoms with Gasteiger partial charge in [0.1, 0.15) is 0 Å². The number of nitrogens with zero attached hydrogens (tertiary/aromatic N) is 1. The molecular formula is C15H34N2O. The predicted octanol–water partition coefficient (Wildman–Crippen LogP) is 2.90. The summed E-state index contributed by atoms with van der Waals surface area (Å²) in [5.74, 6) is 0. The Morgan fingerprint density at radius 2 is 1.83 bits per heavy atom. The Bertz CT molecular complexity index is 207. The van der Waals surface area contributed by atoms with Crippen molar-refractivity contribution in [2.45, 2.75) is 72.1 Å². The maximum atomic E-state index is 5.62. The van der Waals surface area contributed by atoms with Gasteiger partial charge in [-0.15, -0.1) is 0 Å². The molecule has 0 aliphatic rings. The van der Waals surface area contributed by atoms with E-state index >= 15 is 0 Å². The predicted molar refractivity (Wildman–Crippen MR) is 80.2 cm³/mol. The van der Waals surface area contributed by atoms with Gasteiger partial charge in [-0.2, -0.15) is 0 Å². The van der Waals surface area contributed by atoms with Crippen molar-refractivity contribution in [2.75, 3.05) is 26.7 Å². The van der Waals surface area contributed by atoms with E-state index in [9.17, 15) is 0 Å². The Kier molecular flexibility index (Phi) is 8.83. The molecule has 0 saturated carbocycles. The zero-order valence-electron chi connectivity index (χ0n) is 13.5. The molecule has 0 rings (SSSR count). The van der Waals surface area contributed by atoms with Gasteiger partial charge in [0.2, 0.25) is 0 Å². The van der Waals surface area contributed by atoms with Crippen LogP contribution >= 0.6 is 0 Å². The van der Waals surface area contributed by atoms with Crippen molar-refractivity contribution in [3.05, 3.63) is 0 Å². The summed E-state index contributed by atoms with van der Waals surface area (Å²) in [5, 5.41) is 3.56. The fourth-order valence-electron chi connectivity index (χ4n) is 2.33. The summed E-state index contributed by atoms with van der Waals surface area (Å²) in [6.07, 6.45) is 2.35. The highest BCUT2D eigenvalue weighted by Gasteiger charge is 2.28. The van der Waals surface area contributed by atoms with E-state index in [4.69, 9.17) is 4.74 Å². The highest BCUT2D eigenvalue weighted by atomic mass is 16.5. The number of hydrogen-bond donors (Lipinski definition) is 1. The first-order chi connectivity index (χ1) is 8.42. The van der Waals surface area contributed by atoms with E-state index in [-0.39, 0.29) is 5.60 Å². The Labute approximate surface area is 114 Å². The lowest BCUT2D eigenvalue weighted by Crippen LogP contribution is -2.50. The third-order valence-corrected chi connectivity index (χ3v) is 4.14. The molecule has 0 spiro atoms. The van der Waals surface area contributed by atoms with Gasteiger partial charge >= 0.3 is 0 Å². The maximum absolute atomic E-state index is 5.62. The van der Waals surface area contributed by atoms with E-state index in [0.717, 1.165) is 26.1 Å². The number of methoxy groups -OCH3 is 1. The van der Waals surface area contributed by atoms with Gasteiger partial charge in [0, 0.05) is 19.2 Å². The molecule has 0 aromatic heterocycles. The van der Waals surface area contributed by atoms with Crippen LogP contribution < -0.4 is 5.32 Å². The third kappa shape index (κ3) is 5.68. The fourth-order valence-corrected chi connectivity index (χ4v) is 2.33. The first kappa shape index (κ1) is 17.9. The minimum Gasteiger partial charge on any atom is -0.377 e. The van der Waals surface area contributed by atoms with Crippen molar-refractivity contribution in [2.24, 2.45) is 0 Å². The number of likely N-dealkylation sites (N-methyl/N-ethyl adjacent to an activating group) is 1.